The van der Waals surface area contributed by atoms with E-state index in [1.165, 1.54) is 25.3 Å². The van der Waals surface area contributed by atoms with Crippen LogP contribution in [0.1, 0.15) is 10.5 Å². The third-order valence-electron chi connectivity index (χ3n) is 2.80. The molecule has 1 aromatic carbocycles. The number of nitrogens with zero attached hydrogens (tertiary/aromatic N) is 1. The first kappa shape index (κ1) is 15.8. The van der Waals surface area contributed by atoms with Gasteiger partial charge in [-0.25, -0.2) is 18.6 Å². The van der Waals surface area contributed by atoms with Crippen LogP contribution >= 0.6 is 0 Å². The van der Waals surface area contributed by atoms with Crippen molar-refractivity contribution in [1.82, 2.24) is 4.98 Å². The van der Waals surface area contributed by atoms with Crippen molar-refractivity contribution in [2.45, 2.75) is 0 Å². The molecule has 1 N–H and O–H groups in total. The maximum absolute atomic E-state index is 14.1. The largest absolute Gasteiger partial charge is 0.491 e. The van der Waals surface area contributed by atoms with Crippen molar-refractivity contribution in [2.24, 2.45) is 0 Å². The summed E-state index contributed by atoms with van der Waals surface area (Å²) < 4.78 is 38.1. The first-order chi connectivity index (χ1) is 10.5. The second-order valence-electron chi connectivity index (χ2n) is 4.32. The molecule has 0 spiro atoms. The molecule has 0 saturated carbocycles. The Kier molecular flexibility index (Phi) is 5.00. The van der Waals surface area contributed by atoms with Gasteiger partial charge in [0, 0.05) is 19.2 Å². The SMILES string of the molecule is COCCOc1cc(F)c(-c2cccc(C(=O)O)n2)c(F)c1. The summed E-state index contributed by atoms with van der Waals surface area (Å²) in [4.78, 5) is 14.6. The fourth-order valence-corrected chi connectivity index (χ4v) is 1.81. The van der Waals surface area contributed by atoms with Gasteiger partial charge in [-0.05, 0) is 12.1 Å². The van der Waals surface area contributed by atoms with Crippen molar-refractivity contribution >= 4 is 5.97 Å². The molecule has 2 aromatic rings. The van der Waals surface area contributed by atoms with E-state index in [1.807, 2.05) is 0 Å². The van der Waals surface area contributed by atoms with Gasteiger partial charge < -0.3 is 14.6 Å². The molecule has 0 aliphatic carbocycles. The summed E-state index contributed by atoms with van der Waals surface area (Å²) >= 11 is 0. The topological polar surface area (TPSA) is 68.7 Å². The molecule has 1 aromatic heterocycles. The number of halogens is 2. The summed E-state index contributed by atoms with van der Waals surface area (Å²) in [5, 5.41) is 8.88. The number of aromatic carboxylic acids is 1. The summed E-state index contributed by atoms with van der Waals surface area (Å²) in [5.41, 5.74) is -0.794. The lowest BCUT2D eigenvalue weighted by Crippen LogP contribution is -2.06. The Morgan fingerprint density at radius 1 is 1.23 bits per heavy atom. The second kappa shape index (κ2) is 6.95. The van der Waals surface area contributed by atoms with Crippen LogP contribution in [-0.4, -0.2) is 36.4 Å². The normalized spacial score (nSPS) is 10.5. The number of aromatic nitrogens is 1. The minimum absolute atomic E-state index is 0.0187. The van der Waals surface area contributed by atoms with Crippen molar-refractivity contribution in [1.29, 1.82) is 0 Å². The van der Waals surface area contributed by atoms with Gasteiger partial charge in [0.15, 0.2) is 0 Å². The molecular weight excluding hydrogens is 296 g/mol. The van der Waals surface area contributed by atoms with E-state index in [2.05, 4.69) is 4.98 Å². The fourth-order valence-electron chi connectivity index (χ4n) is 1.81. The summed E-state index contributed by atoms with van der Waals surface area (Å²) in [6.45, 7) is 0.439. The predicted molar refractivity (Wildman–Crippen MR) is 73.9 cm³/mol. The number of benzene rings is 1. The Morgan fingerprint density at radius 3 is 2.50 bits per heavy atom. The lowest BCUT2D eigenvalue weighted by atomic mass is 10.1. The van der Waals surface area contributed by atoms with Crippen molar-refractivity contribution in [3.05, 3.63) is 47.7 Å². The van der Waals surface area contributed by atoms with Gasteiger partial charge >= 0.3 is 5.97 Å². The van der Waals surface area contributed by atoms with E-state index in [9.17, 15) is 13.6 Å². The van der Waals surface area contributed by atoms with Gasteiger partial charge in [-0.2, -0.15) is 0 Å². The lowest BCUT2D eigenvalue weighted by molar-refractivity contribution is 0.0690. The highest BCUT2D eigenvalue weighted by Crippen LogP contribution is 2.28. The van der Waals surface area contributed by atoms with Crippen LogP contribution < -0.4 is 4.74 Å². The molecular formula is C15H13F2NO4. The van der Waals surface area contributed by atoms with E-state index in [0.717, 1.165) is 12.1 Å². The summed E-state index contributed by atoms with van der Waals surface area (Å²) in [5.74, 6) is -3.03. The molecule has 0 fully saturated rings. The number of carboxylic acids is 1. The number of carboxylic acid groups (broad SMARTS) is 1. The summed E-state index contributed by atoms with van der Waals surface area (Å²) in [7, 11) is 1.48. The quantitative estimate of drug-likeness (QED) is 0.831. The maximum Gasteiger partial charge on any atom is 0.354 e. The zero-order valence-electron chi connectivity index (χ0n) is 11.7. The highest BCUT2D eigenvalue weighted by molar-refractivity contribution is 5.86. The minimum Gasteiger partial charge on any atom is -0.491 e. The number of pyridine rings is 1. The van der Waals surface area contributed by atoms with Crippen LogP contribution in [0.2, 0.25) is 0 Å². The molecule has 5 nitrogen and oxygen atoms in total. The third kappa shape index (κ3) is 3.56. The van der Waals surface area contributed by atoms with E-state index in [0.29, 0.717) is 0 Å². The van der Waals surface area contributed by atoms with Crippen molar-refractivity contribution in [3.63, 3.8) is 0 Å². The van der Waals surface area contributed by atoms with Gasteiger partial charge in [0.2, 0.25) is 0 Å². The minimum atomic E-state index is -1.28. The lowest BCUT2D eigenvalue weighted by Gasteiger charge is -2.09. The maximum atomic E-state index is 14.1. The molecule has 22 heavy (non-hydrogen) atoms. The number of rotatable bonds is 6. The monoisotopic (exact) mass is 309 g/mol. The van der Waals surface area contributed by atoms with Crippen LogP contribution in [0.25, 0.3) is 11.3 Å². The predicted octanol–water partition coefficient (Wildman–Crippen LogP) is 2.75. The smallest absolute Gasteiger partial charge is 0.354 e. The Hall–Kier alpha value is -2.54. The molecule has 0 unspecified atom stereocenters. The Labute approximate surface area is 125 Å². The Morgan fingerprint density at radius 2 is 1.91 bits per heavy atom. The molecule has 0 bridgehead atoms. The van der Waals surface area contributed by atoms with Gasteiger partial charge in [-0.15, -0.1) is 0 Å². The van der Waals surface area contributed by atoms with Crippen LogP contribution in [0, 0.1) is 11.6 Å². The first-order valence-corrected chi connectivity index (χ1v) is 6.34. The second-order valence-corrected chi connectivity index (χ2v) is 4.32. The first-order valence-electron chi connectivity index (χ1n) is 6.34. The van der Waals surface area contributed by atoms with Gasteiger partial charge in [0.25, 0.3) is 0 Å². The highest BCUT2D eigenvalue weighted by Gasteiger charge is 2.16. The standard InChI is InChI=1S/C15H13F2NO4/c1-21-5-6-22-9-7-10(16)14(11(17)8-9)12-3-2-4-13(18-12)15(19)20/h2-4,7-8H,5-6H2,1H3,(H,19,20). The molecule has 0 saturated heterocycles. The molecule has 7 heteroatoms. The van der Waals surface area contributed by atoms with Crippen LogP contribution in [0.3, 0.4) is 0 Å². The highest BCUT2D eigenvalue weighted by atomic mass is 19.1. The third-order valence-corrected chi connectivity index (χ3v) is 2.80. The van der Waals surface area contributed by atoms with E-state index in [1.54, 1.807) is 0 Å². The molecule has 0 atom stereocenters. The van der Waals surface area contributed by atoms with E-state index >= 15 is 0 Å². The Balaban J connectivity index is 2.35. The molecule has 1 heterocycles. The van der Waals surface area contributed by atoms with Crippen LogP contribution in [0.5, 0.6) is 5.75 Å². The number of hydrogen-bond donors (Lipinski definition) is 1. The fraction of sp³-hybridized carbons (Fsp3) is 0.200. The molecule has 0 aliphatic heterocycles. The van der Waals surface area contributed by atoms with Crippen LogP contribution in [0.15, 0.2) is 30.3 Å². The van der Waals surface area contributed by atoms with E-state index in [4.69, 9.17) is 14.6 Å². The number of methoxy groups -OCH3 is 1. The molecule has 0 aliphatic rings. The van der Waals surface area contributed by atoms with Crippen molar-refractivity contribution in [2.75, 3.05) is 20.3 Å². The molecule has 0 amide bonds. The van der Waals surface area contributed by atoms with Crippen molar-refractivity contribution in [3.8, 4) is 17.0 Å². The van der Waals surface area contributed by atoms with Crippen LogP contribution in [-0.2, 0) is 4.74 Å². The van der Waals surface area contributed by atoms with Gasteiger partial charge in [-0.3, -0.25) is 0 Å². The number of carbonyl (C=O) groups is 1. The van der Waals surface area contributed by atoms with Crippen LogP contribution in [0.4, 0.5) is 8.78 Å². The summed E-state index contributed by atoms with van der Waals surface area (Å²) in [6.07, 6.45) is 0. The van der Waals surface area contributed by atoms with Crippen molar-refractivity contribution < 1.29 is 28.2 Å². The molecule has 2 rings (SSSR count). The average Bonchev–Trinajstić information content (AvgIpc) is 2.47. The van der Waals surface area contributed by atoms with E-state index < -0.39 is 23.2 Å². The summed E-state index contributed by atoms with van der Waals surface area (Å²) in [6, 6.07) is 5.98. The van der Waals surface area contributed by atoms with Gasteiger partial charge in [-0.1, -0.05) is 6.07 Å². The van der Waals surface area contributed by atoms with Gasteiger partial charge in [0.05, 0.1) is 17.9 Å². The number of ether oxygens (including phenoxy) is 2. The van der Waals surface area contributed by atoms with Gasteiger partial charge in [0.1, 0.15) is 29.7 Å². The number of hydrogen-bond acceptors (Lipinski definition) is 4. The average molecular weight is 309 g/mol. The Bertz CT molecular complexity index is 668. The van der Waals surface area contributed by atoms with E-state index in [-0.39, 0.29) is 30.4 Å². The zero-order valence-corrected chi connectivity index (χ0v) is 11.7. The molecule has 116 valence electrons. The zero-order chi connectivity index (χ0) is 16.1. The molecule has 0 radical (unpaired) electrons.